The fourth-order valence-corrected chi connectivity index (χ4v) is 5.64. The third kappa shape index (κ3) is 6.06. The molecule has 1 fully saturated rings. The van der Waals surface area contributed by atoms with E-state index in [4.69, 9.17) is 4.74 Å². The van der Waals surface area contributed by atoms with Crippen LogP contribution in [0.25, 0.3) is 0 Å². The van der Waals surface area contributed by atoms with Crippen LogP contribution in [0.1, 0.15) is 12.0 Å². The Hall–Kier alpha value is -1.37. The largest absolute Gasteiger partial charge is 0.489 e. The second-order valence-corrected chi connectivity index (χ2v) is 10.5. The molecule has 2 atom stereocenters. The third-order valence-corrected chi connectivity index (χ3v) is 7.56. The molecule has 0 aromatic heterocycles. The molecule has 1 aromatic rings. The van der Waals surface area contributed by atoms with Gasteiger partial charge in [0.05, 0.1) is 24.6 Å². The number of nitrogens with one attached hydrogen (secondary N) is 1. The summed E-state index contributed by atoms with van der Waals surface area (Å²) in [7, 11) is -8.14. The van der Waals surface area contributed by atoms with Gasteiger partial charge in [-0.2, -0.15) is 13.2 Å². The molecule has 0 radical (unpaired) electrons. The van der Waals surface area contributed by atoms with Crippen molar-refractivity contribution < 1.29 is 34.7 Å². The van der Waals surface area contributed by atoms with Crippen LogP contribution in [0.2, 0.25) is 0 Å². The first-order valence-corrected chi connectivity index (χ1v) is 11.7. The lowest BCUT2D eigenvalue weighted by atomic mass is 10.0. The van der Waals surface area contributed by atoms with Crippen molar-refractivity contribution in [2.75, 3.05) is 32.1 Å². The summed E-state index contributed by atoms with van der Waals surface area (Å²) < 4.78 is 91.6. The minimum absolute atomic E-state index is 0.0989. The highest BCUT2D eigenvalue weighted by Gasteiger charge is 2.36. The SMILES string of the molecule is CS(=O)(=O)N(C[C@@H](Oc1ccc(C(F)(F)F)cc1)C1CCNC1)S(C)(=O)=O. The van der Waals surface area contributed by atoms with Gasteiger partial charge in [0, 0.05) is 12.5 Å². The van der Waals surface area contributed by atoms with Crippen LogP contribution >= 0.6 is 0 Å². The van der Waals surface area contributed by atoms with Gasteiger partial charge in [-0.25, -0.2) is 16.8 Å². The van der Waals surface area contributed by atoms with Crippen LogP contribution in [0, 0.1) is 5.92 Å². The molecule has 1 aliphatic rings. The molecular weight excluding hydrogens is 409 g/mol. The Labute approximate surface area is 156 Å². The number of hydrogen-bond donors (Lipinski definition) is 1. The van der Waals surface area contributed by atoms with Gasteiger partial charge in [-0.05, 0) is 37.2 Å². The lowest BCUT2D eigenvalue weighted by Gasteiger charge is -2.28. The molecular formula is C15H21F3N2O5S2. The zero-order valence-electron chi connectivity index (χ0n) is 14.7. The molecule has 1 aromatic carbocycles. The minimum Gasteiger partial charge on any atom is -0.489 e. The summed E-state index contributed by atoms with van der Waals surface area (Å²) in [5.41, 5.74) is -0.845. The van der Waals surface area contributed by atoms with Crippen molar-refractivity contribution in [2.45, 2.75) is 18.7 Å². The number of nitrogens with zero attached hydrogens (tertiary/aromatic N) is 1. The zero-order chi connectivity index (χ0) is 20.5. The van der Waals surface area contributed by atoms with Gasteiger partial charge >= 0.3 is 6.18 Å². The highest BCUT2D eigenvalue weighted by molar-refractivity contribution is 8.03. The van der Waals surface area contributed by atoms with Crippen LogP contribution in [0.5, 0.6) is 5.75 Å². The second kappa shape index (κ2) is 7.94. The number of rotatable bonds is 7. The summed E-state index contributed by atoms with van der Waals surface area (Å²) in [4.78, 5) is 0. The van der Waals surface area contributed by atoms with Gasteiger partial charge in [0.1, 0.15) is 11.9 Å². The van der Waals surface area contributed by atoms with Gasteiger partial charge in [0.15, 0.2) is 0 Å². The van der Waals surface area contributed by atoms with Crippen LogP contribution in [0.4, 0.5) is 13.2 Å². The van der Waals surface area contributed by atoms with Crippen molar-refractivity contribution >= 4 is 20.0 Å². The molecule has 0 bridgehead atoms. The fraction of sp³-hybridized carbons (Fsp3) is 0.600. The quantitative estimate of drug-likeness (QED) is 0.701. The van der Waals surface area contributed by atoms with Gasteiger partial charge in [-0.15, -0.1) is 0 Å². The number of halogens is 3. The standard InChI is InChI=1S/C15H21F3N2O5S2/c1-26(21,22)20(27(2,23)24)10-14(11-7-8-19-9-11)25-13-5-3-12(4-6-13)15(16,17)18/h3-6,11,14,19H,7-10H2,1-2H3/t11?,14-/m1/s1. The maximum absolute atomic E-state index is 12.7. The molecule has 0 aliphatic carbocycles. The summed E-state index contributed by atoms with van der Waals surface area (Å²) in [5, 5.41) is 3.07. The first kappa shape index (κ1) is 21.9. The van der Waals surface area contributed by atoms with Crippen LogP contribution < -0.4 is 10.1 Å². The number of ether oxygens (including phenoxy) is 1. The van der Waals surface area contributed by atoms with Crippen molar-refractivity contribution in [1.29, 1.82) is 0 Å². The summed E-state index contributed by atoms with van der Waals surface area (Å²) in [6.45, 7) is 0.674. The normalized spacial score (nSPS) is 20.0. The Morgan fingerprint density at radius 2 is 1.70 bits per heavy atom. The second-order valence-electron chi connectivity index (χ2n) is 6.41. The van der Waals surface area contributed by atoms with Crippen LogP contribution in [0.3, 0.4) is 0 Å². The first-order chi connectivity index (χ1) is 12.3. The number of benzene rings is 1. The summed E-state index contributed by atoms with van der Waals surface area (Å²) in [6, 6.07) is 3.96. The predicted octanol–water partition coefficient (Wildman–Crippen LogP) is 1.28. The molecule has 154 valence electrons. The predicted molar refractivity (Wildman–Crippen MR) is 93.2 cm³/mol. The van der Waals surface area contributed by atoms with E-state index in [1.54, 1.807) is 0 Å². The van der Waals surface area contributed by atoms with E-state index in [1.165, 1.54) is 0 Å². The van der Waals surface area contributed by atoms with Gasteiger partial charge in [-0.3, -0.25) is 0 Å². The van der Waals surface area contributed by atoms with Gasteiger partial charge < -0.3 is 10.1 Å². The molecule has 1 unspecified atom stereocenters. The van der Waals surface area contributed by atoms with E-state index in [-0.39, 0.29) is 11.7 Å². The Kier molecular flexibility index (Phi) is 6.44. The summed E-state index contributed by atoms with van der Waals surface area (Å²) in [5.74, 6) is -0.0971. The van der Waals surface area contributed by atoms with Crippen molar-refractivity contribution in [3.63, 3.8) is 0 Å². The van der Waals surface area contributed by atoms with Crippen LogP contribution in [-0.2, 0) is 26.2 Å². The fourth-order valence-electron chi connectivity index (χ4n) is 2.84. The van der Waals surface area contributed by atoms with Gasteiger partial charge in [0.2, 0.25) is 20.0 Å². The molecule has 1 N–H and O–H groups in total. The summed E-state index contributed by atoms with van der Waals surface area (Å²) >= 11 is 0. The van der Waals surface area contributed by atoms with Crippen molar-refractivity contribution in [2.24, 2.45) is 5.92 Å². The number of sulfonamides is 2. The average molecular weight is 430 g/mol. The lowest BCUT2D eigenvalue weighted by molar-refractivity contribution is -0.137. The van der Waals surface area contributed by atoms with E-state index in [9.17, 15) is 30.0 Å². The molecule has 0 spiro atoms. The Morgan fingerprint density at radius 3 is 2.11 bits per heavy atom. The van der Waals surface area contributed by atoms with Crippen LogP contribution in [-0.4, -0.2) is 58.8 Å². The third-order valence-electron chi connectivity index (χ3n) is 4.16. The minimum atomic E-state index is -4.49. The Bertz CT molecular complexity index is 816. The Balaban J connectivity index is 2.27. The maximum atomic E-state index is 12.7. The van der Waals surface area contributed by atoms with Crippen molar-refractivity contribution in [3.8, 4) is 5.75 Å². The van der Waals surface area contributed by atoms with E-state index in [0.29, 0.717) is 23.2 Å². The zero-order valence-corrected chi connectivity index (χ0v) is 16.4. The van der Waals surface area contributed by atoms with Crippen molar-refractivity contribution in [3.05, 3.63) is 29.8 Å². The summed E-state index contributed by atoms with van der Waals surface area (Å²) in [6.07, 6.45) is -3.17. The maximum Gasteiger partial charge on any atom is 0.416 e. The molecule has 1 saturated heterocycles. The average Bonchev–Trinajstić information content (AvgIpc) is 3.02. The molecule has 1 heterocycles. The number of alkyl halides is 3. The molecule has 2 rings (SSSR count). The lowest BCUT2D eigenvalue weighted by Crippen LogP contribution is -2.45. The molecule has 7 nitrogen and oxygen atoms in total. The van der Waals surface area contributed by atoms with Gasteiger partial charge in [0.25, 0.3) is 0 Å². The van der Waals surface area contributed by atoms with E-state index < -0.39 is 44.4 Å². The highest BCUT2D eigenvalue weighted by atomic mass is 32.3. The highest BCUT2D eigenvalue weighted by Crippen LogP contribution is 2.31. The van der Waals surface area contributed by atoms with Crippen LogP contribution in [0.15, 0.2) is 24.3 Å². The molecule has 12 heteroatoms. The smallest absolute Gasteiger partial charge is 0.416 e. The monoisotopic (exact) mass is 430 g/mol. The van der Waals surface area contributed by atoms with E-state index in [0.717, 1.165) is 36.8 Å². The molecule has 0 saturated carbocycles. The molecule has 27 heavy (non-hydrogen) atoms. The molecule has 1 aliphatic heterocycles. The first-order valence-electron chi connectivity index (χ1n) is 8.01. The number of hydrogen-bond acceptors (Lipinski definition) is 6. The topological polar surface area (TPSA) is 92.8 Å². The van der Waals surface area contributed by atoms with Crippen molar-refractivity contribution in [1.82, 2.24) is 9.03 Å². The van der Waals surface area contributed by atoms with E-state index >= 15 is 0 Å². The van der Waals surface area contributed by atoms with E-state index in [2.05, 4.69) is 5.32 Å². The molecule has 0 amide bonds. The van der Waals surface area contributed by atoms with E-state index in [1.807, 2.05) is 0 Å². The van der Waals surface area contributed by atoms with Gasteiger partial charge in [-0.1, -0.05) is 3.71 Å². The Morgan fingerprint density at radius 1 is 1.15 bits per heavy atom.